The van der Waals surface area contributed by atoms with E-state index in [1.807, 2.05) is 12.1 Å². The Kier molecular flexibility index (Phi) is 2.93. The van der Waals surface area contributed by atoms with Crippen molar-refractivity contribution in [2.75, 3.05) is 0 Å². The predicted molar refractivity (Wildman–Crippen MR) is 126 cm³/mol. The first-order chi connectivity index (χ1) is 16.5. The molecule has 8 heteroatoms. The van der Waals surface area contributed by atoms with E-state index in [0.717, 1.165) is 0 Å². The summed E-state index contributed by atoms with van der Waals surface area (Å²) in [5.41, 5.74) is 1.98. The van der Waals surface area contributed by atoms with E-state index in [4.69, 9.17) is 0 Å². The third kappa shape index (κ3) is 1.91. The molecule has 0 amide bonds. The van der Waals surface area contributed by atoms with Gasteiger partial charge in [-0.2, -0.15) is 0 Å². The molecule has 0 unspecified atom stereocenters. The average molecular weight is 448 g/mol. The van der Waals surface area contributed by atoms with Gasteiger partial charge in [0.2, 0.25) is 0 Å². The van der Waals surface area contributed by atoms with Gasteiger partial charge in [-0.15, -0.1) is 0 Å². The fourth-order valence-corrected chi connectivity index (χ4v) is 5.34. The smallest absolute Gasteiger partial charge is 0.264 e. The highest BCUT2D eigenvalue weighted by molar-refractivity contribution is 6.27. The second kappa shape index (κ2) is 5.60. The molecule has 160 valence electrons. The van der Waals surface area contributed by atoms with Gasteiger partial charge in [0.05, 0.1) is 22.1 Å². The summed E-state index contributed by atoms with van der Waals surface area (Å²) in [6, 6.07) is 15.2. The van der Waals surface area contributed by atoms with Crippen molar-refractivity contribution >= 4 is 65.7 Å². The number of halogens is 2. The zero-order valence-corrected chi connectivity index (χ0v) is 17.1. The van der Waals surface area contributed by atoms with Crippen LogP contribution in [0.4, 0.5) is 8.78 Å². The fourth-order valence-electron chi connectivity index (χ4n) is 5.34. The van der Waals surface area contributed by atoms with Crippen LogP contribution in [0.3, 0.4) is 0 Å². The number of nitrogens with zero attached hydrogens (tertiary/aromatic N) is 4. The van der Waals surface area contributed by atoms with E-state index in [9.17, 15) is 18.4 Å². The lowest BCUT2D eigenvalue weighted by molar-refractivity contribution is 0.629. The summed E-state index contributed by atoms with van der Waals surface area (Å²) in [4.78, 5) is 36.2. The zero-order valence-electron chi connectivity index (χ0n) is 17.1. The third-order valence-corrected chi connectivity index (χ3v) is 6.74. The Bertz CT molecular complexity index is 2140. The SMILES string of the molecule is O=c1c2ccc3c(=O)n4c5ccc(F)cc5nc4c4ccc(c2c34)c2nc3cc(F)ccc3n12. The lowest BCUT2D eigenvalue weighted by Gasteiger charge is -2.12. The van der Waals surface area contributed by atoms with Crippen molar-refractivity contribution in [3.8, 4) is 0 Å². The molecule has 0 atom stereocenters. The topological polar surface area (TPSA) is 68.7 Å². The fraction of sp³-hybridized carbons (Fsp3) is 0. The monoisotopic (exact) mass is 448 g/mol. The molecule has 0 saturated carbocycles. The van der Waals surface area contributed by atoms with Gasteiger partial charge in [-0.05, 0) is 48.5 Å². The summed E-state index contributed by atoms with van der Waals surface area (Å²) in [5.74, 6) is -0.878. The number of imidazole rings is 2. The molecule has 0 saturated heterocycles. The van der Waals surface area contributed by atoms with Crippen LogP contribution in [-0.2, 0) is 0 Å². The average Bonchev–Trinajstić information content (AvgIpc) is 3.39. The third-order valence-electron chi connectivity index (χ3n) is 6.74. The van der Waals surface area contributed by atoms with Crippen molar-refractivity contribution in [2.24, 2.45) is 0 Å². The van der Waals surface area contributed by atoms with Gasteiger partial charge in [-0.3, -0.25) is 18.4 Å². The Morgan fingerprint density at radius 3 is 1.41 bits per heavy atom. The minimum atomic E-state index is -0.439. The first-order valence-electron chi connectivity index (χ1n) is 10.6. The quantitative estimate of drug-likeness (QED) is 0.318. The normalized spacial score (nSPS) is 12.6. The van der Waals surface area contributed by atoms with E-state index >= 15 is 0 Å². The number of fused-ring (bicyclic) bond motifs is 8. The van der Waals surface area contributed by atoms with Crippen molar-refractivity contribution in [1.82, 2.24) is 18.8 Å². The number of benzene rings is 4. The minimum absolute atomic E-state index is 0.297. The molecule has 0 aliphatic carbocycles. The largest absolute Gasteiger partial charge is 0.268 e. The molecule has 0 radical (unpaired) electrons. The predicted octanol–water partition coefficient (Wildman–Crippen LogP) is 4.62. The molecule has 0 fully saturated rings. The lowest BCUT2D eigenvalue weighted by atomic mass is 9.96. The molecule has 0 aliphatic heterocycles. The molecule has 4 aromatic heterocycles. The summed E-state index contributed by atoms with van der Waals surface area (Å²) in [6.07, 6.45) is 0. The first-order valence-corrected chi connectivity index (χ1v) is 10.6. The molecule has 0 bridgehead atoms. The minimum Gasteiger partial charge on any atom is -0.268 e. The van der Waals surface area contributed by atoms with E-state index in [1.165, 1.54) is 45.2 Å². The van der Waals surface area contributed by atoms with Gasteiger partial charge < -0.3 is 0 Å². The Balaban J connectivity index is 1.69. The maximum Gasteiger partial charge on any atom is 0.264 e. The van der Waals surface area contributed by atoms with Crippen LogP contribution in [0.25, 0.3) is 65.7 Å². The highest BCUT2D eigenvalue weighted by Gasteiger charge is 2.22. The van der Waals surface area contributed by atoms with Gasteiger partial charge in [0.15, 0.2) is 0 Å². The highest BCUT2D eigenvalue weighted by Crippen LogP contribution is 2.36. The summed E-state index contributed by atoms with van der Waals surface area (Å²) in [6.45, 7) is 0. The zero-order chi connectivity index (χ0) is 22.9. The van der Waals surface area contributed by atoms with Crippen molar-refractivity contribution in [2.45, 2.75) is 0 Å². The molecule has 8 aromatic rings. The van der Waals surface area contributed by atoms with Gasteiger partial charge in [0.25, 0.3) is 11.1 Å². The second-order valence-corrected chi connectivity index (χ2v) is 8.49. The van der Waals surface area contributed by atoms with Crippen LogP contribution < -0.4 is 11.1 Å². The highest BCUT2D eigenvalue weighted by atomic mass is 19.1. The summed E-state index contributed by atoms with van der Waals surface area (Å²) in [7, 11) is 0. The van der Waals surface area contributed by atoms with Crippen LogP contribution >= 0.6 is 0 Å². The van der Waals surface area contributed by atoms with Crippen molar-refractivity contribution in [1.29, 1.82) is 0 Å². The molecular weight excluding hydrogens is 438 g/mol. The molecule has 0 spiro atoms. The van der Waals surface area contributed by atoms with Gasteiger partial charge in [0, 0.05) is 44.5 Å². The Morgan fingerprint density at radius 2 is 0.971 bits per heavy atom. The van der Waals surface area contributed by atoms with E-state index in [1.54, 1.807) is 12.1 Å². The maximum absolute atomic E-state index is 13.8. The van der Waals surface area contributed by atoms with E-state index in [-0.39, 0.29) is 11.1 Å². The molecule has 34 heavy (non-hydrogen) atoms. The van der Waals surface area contributed by atoms with Crippen LogP contribution in [0, 0.1) is 11.6 Å². The Labute approximate surface area is 186 Å². The number of aromatic nitrogens is 4. The number of pyridine rings is 2. The van der Waals surface area contributed by atoms with E-state index in [2.05, 4.69) is 9.97 Å². The molecule has 8 rings (SSSR count). The van der Waals surface area contributed by atoms with Gasteiger partial charge in [0.1, 0.15) is 22.9 Å². The van der Waals surface area contributed by atoms with Crippen molar-refractivity contribution in [3.63, 3.8) is 0 Å². The first kappa shape index (κ1) is 17.8. The second-order valence-electron chi connectivity index (χ2n) is 8.49. The van der Waals surface area contributed by atoms with Crippen molar-refractivity contribution < 1.29 is 8.78 Å². The van der Waals surface area contributed by atoms with Gasteiger partial charge >= 0.3 is 0 Å². The summed E-state index contributed by atoms with van der Waals surface area (Å²) < 4.78 is 30.6. The Morgan fingerprint density at radius 1 is 0.559 bits per heavy atom. The molecule has 4 aromatic carbocycles. The molecule has 6 nitrogen and oxygen atoms in total. The number of rotatable bonds is 0. The summed E-state index contributed by atoms with van der Waals surface area (Å²) >= 11 is 0. The van der Waals surface area contributed by atoms with Crippen LogP contribution in [0.1, 0.15) is 0 Å². The maximum atomic E-state index is 13.8. The Hall–Kier alpha value is -4.72. The molecule has 0 aliphatic rings. The van der Waals surface area contributed by atoms with E-state index in [0.29, 0.717) is 65.7 Å². The number of hydrogen-bond donors (Lipinski definition) is 0. The molecular formula is C26H10F2N4O2. The van der Waals surface area contributed by atoms with Crippen LogP contribution in [0.15, 0.2) is 70.3 Å². The number of hydrogen-bond acceptors (Lipinski definition) is 4. The molecule has 4 heterocycles. The van der Waals surface area contributed by atoms with E-state index < -0.39 is 11.6 Å². The van der Waals surface area contributed by atoms with Crippen LogP contribution in [0.5, 0.6) is 0 Å². The van der Waals surface area contributed by atoms with Crippen molar-refractivity contribution in [3.05, 3.63) is 93.0 Å². The summed E-state index contributed by atoms with van der Waals surface area (Å²) in [5, 5.41) is 3.43. The standard InChI is InChI=1S/C26H10F2N4O2/c27-11-1-7-19-17(9-11)29-23-13-3-4-14-22-16(6-5-15(21(13)22)25(33)31(19)23)26(34)32-20-8-2-12(28)10-18(20)30-24(14)32/h1-10H. The molecule has 0 N–H and O–H groups in total. The van der Waals surface area contributed by atoms with Crippen LogP contribution in [0.2, 0.25) is 0 Å². The van der Waals surface area contributed by atoms with Crippen LogP contribution in [-0.4, -0.2) is 18.8 Å². The van der Waals surface area contributed by atoms with Gasteiger partial charge in [-0.1, -0.05) is 0 Å². The lowest BCUT2D eigenvalue weighted by Crippen LogP contribution is -2.16. The van der Waals surface area contributed by atoms with Gasteiger partial charge in [-0.25, -0.2) is 18.7 Å².